The Kier molecular flexibility index (Phi) is 5.21. The van der Waals surface area contributed by atoms with Crippen LogP contribution in [-0.4, -0.2) is 12.1 Å². The van der Waals surface area contributed by atoms with E-state index in [2.05, 4.69) is 34.8 Å². The van der Waals surface area contributed by atoms with Crippen molar-refractivity contribution in [2.24, 2.45) is 11.0 Å². The van der Waals surface area contributed by atoms with E-state index in [0.29, 0.717) is 15.6 Å². The second-order valence-electron chi connectivity index (χ2n) is 6.86. The van der Waals surface area contributed by atoms with E-state index in [-0.39, 0.29) is 17.2 Å². The van der Waals surface area contributed by atoms with Gasteiger partial charge in [-0.15, -0.1) is 0 Å². The standard InChI is InChI=1S/C23H18Cl2N2O/c24-19-12-11-16(21(25)13-19)15-26-27-22(28)20-14-23(20,17-7-3-1-4-8-17)18-9-5-2-6-10-18/h1-13,15,20H,14H2,(H,27,28)/b26-15+. The van der Waals surface area contributed by atoms with Crippen LogP contribution in [0.15, 0.2) is 84.0 Å². The average Bonchev–Trinajstić information content (AvgIpc) is 3.48. The maximum Gasteiger partial charge on any atom is 0.244 e. The van der Waals surface area contributed by atoms with Crippen LogP contribution in [0.25, 0.3) is 0 Å². The van der Waals surface area contributed by atoms with Gasteiger partial charge >= 0.3 is 0 Å². The van der Waals surface area contributed by atoms with Gasteiger partial charge in [0.25, 0.3) is 0 Å². The minimum atomic E-state index is -0.306. The minimum absolute atomic E-state index is 0.103. The van der Waals surface area contributed by atoms with Gasteiger partial charge in [-0.05, 0) is 29.7 Å². The summed E-state index contributed by atoms with van der Waals surface area (Å²) >= 11 is 12.0. The van der Waals surface area contributed by atoms with Crippen LogP contribution in [-0.2, 0) is 10.2 Å². The number of hydrogen-bond donors (Lipinski definition) is 1. The first-order valence-electron chi connectivity index (χ1n) is 9.00. The maximum atomic E-state index is 12.8. The van der Waals surface area contributed by atoms with Crippen molar-refractivity contribution in [1.29, 1.82) is 0 Å². The van der Waals surface area contributed by atoms with E-state index in [1.165, 1.54) is 6.21 Å². The molecule has 0 spiro atoms. The van der Waals surface area contributed by atoms with E-state index in [1.807, 2.05) is 36.4 Å². The average molecular weight is 409 g/mol. The molecule has 0 aliphatic heterocycles. The Hall–Kier alpha value is -2.62. The molecule has 0 saturated heterocycles. The third-order valence-corrected chi connectivity index (χ3v) is 5.76. The number of nitrogens with one attached hydrogen (secondary N) is 1. The number of hydrogen-bond acceptors (Lipinski definition) is 2. The number of hydrazone groups is 1. The molecule has 28 heavy (non-hydrogen) atoms. The van der Waals surface area contributed by atoms with E-state index < -0.39 is 0 Å². The van der Waals surface area contributed by atoms with Gasteiger partial charge in [0.15, 0.2) is 0 Å². The van der Waals surface area contributed by atoms with E-state index in [1.54, 1.807) is 18.2 Å². The maximum absolute atomic E-state index is 12.8. The summed E-state index contributed by atoms with van der Waals surface area (Å²) in [4.78, 5) is 12.8. The number of nitrogens with zero attached hydrogens (tertiary/aromatic N) is 1. The van der Waals surface area contributed by atoms with Crippen LogP contribution in [0, 0.1) is 5.92 Å². The molecular formula is C23H18Cl2N2O. The smallest absolute Gasteiger partial charge is 0.244 e. The molecule has 1 fully saturated rings. The lowest BCUT2D eigenvalue weighted by molar-refractivity contribution is -0.122. The highest BCUT2D eigenvalue weighted by molar-refractivity contribution is 6.36. The molecule has 3 nitrogen and oxygen atoms in total. The van der Waals surface area contributed by atoms with Crippen molar-refractivity contribution in [2.75, 3.05) is 0 Å². The fourth-order valence-corrected chi connectivity index (χ4v) is 4.16. The first kappa shape index (κ1) is 18.7. The number of rotatable bonds is 5. The van der Waals surface area contributed by atoms with Gasteiger partial charge in [-0.3, -0.25) is 4.79 Å². The normalized spacial score (nSPS) is 17.4. The second kappa shape index (κ2) is 7.78. The van der Waals surface area contributed by atoms with Crippen LogP contribution in [0.3, 0.4) is 0 Å². The molecule has 1 aliphatic rings. The Balaban J connectivity index is 1.54. The highest BCUT2D eigenvalue weighted by Gasteiger charge is 2.60. The van der Waals surface area contributed by atoms with Crippen molar-refractivity contribution in [2.45, 2.75) is 11.8 Å². The molecule has 1 aliphatic carbocycles. The molecule has 0 aromatic heterocycles. The Morgan fingerprint density at radius 3 is 2.14 bits per heavy atom. The zero-order valence-corrected chi connectivity index (χ0v) is 16.5. The fourth-order valence-electron chi connectivity index (χ4n) is 3.70. The lowest BCUT2D eigenvalue weighted by Crippen LogP contribution is -2.25. The van der Waals surface area contributed by atoms with Crippen molar-refractivity contribution in [3.8, 4) is 0 Å². The van der Waals surface area contributed by atoms with Gasteiger partial charge in [-0.25, -0.2) is 5.43 Å². The topological polar surface area (TPSA) is 41.5 Å². The lowest BCUT2D eigenvalue weighted by Gasteiger charge is -2.18. The SMILES string of the molecule is O=C(N/N=C/c1ccc(Cl)cc1Cl)C1CC1(c1ccccc1)c1ccccc1. The predicted octanol–water partition coefficient (Wildman–Crippen LogP) is 5.45. The molecule has 4 rings (SSSR count). The van der Waals surface area contributed by atoms with Crippen LogP contribution < -0.4 is 5.43 Å². The van der Waals surface area contributed by atoms with Crippen LogP contribution in [0.5, 0.6) is 0 Å². The Bertz CT molecular complexity index is 980. The summed E-state index contributed by atoms with van der Waals surface area (Å²) in [6.45, 7) is 0. The Morgan fingerprint density at radius 1 is 0.964 bits per heavy atom. The van der Waals surface area contributed by atoms with Crippen LogP contribution >= 0.6 is 23.2 Å². The lowest BCUT2D eigenvalue weighted by atomic mass is 9.85. The van der Waals surface area contributed by atoms with Gasteiger partial charge in [-0.1, -0.05) is 89.9 Å². The van der Waals surface area contributed by atoms with Crippen LogP contribution in [0.4, 0.5) is 0 Å². The number of halogens is 2. The Morgan fingerprint density at radius 2 is 1.57 bits per heavy atom. The molecule has 1 saturated carbocycles. The van der Waals surface area contributed by atoms with E-state index >= 15 is 0 Å². The number of amides is 1. The van der Waals surface area contributed by atoms with Gasteiger partial charge in [0.2, 0.25) is 5.91 Å². The third-order valence-electron chi connectivity index (χ3n) is 5.20. The van der Waals surface area contributed by atoms with Gasteiger partial charge in [-0.2, -0.15) is 5.10 Å². The van der Waals surface area contributed by atoms with E-state index in [0.717, 1.165) is 17.5 Å². The third kappa shape index (κ3) is 3.56. The highest BCUT2D eigenvalue weighted by atomic mass is 35.5. The molecule has 1 atom stereocenters. The summed E-state index contributed by atoms with van der Waals surface area (Å²) in [5.41, 5.74) is 5.35. The van der Waals surface area contributed by atoms with Gasteiger partial charge in [0.05, 0.1) is 17.2 Å². The summed E-state index contributed by atoms with van der Waals surface area (Å²) < 4.78 is 0. The minimum Gasteiger partial charge on any atom is -0.273 e. The molecule has 140 valence electrons. The largest absolute Gasteiger partial charge is 0.273 e. The monoisotopic (exact) mass is 408 g/mol. The van der Waals surface area contributed by atoms with Crippen molar-refractivity contribution in [3.05, 3.63) is 106 Å². The first-order valence-corrected chi connectivity index (χ1v) is 9.76. The van der Waals surface area contributed by atoms with Crippen LogP contribution in [0.1, 0.15) is 23.1 Å². The second-order valence-corrected chi connectivity index (χ2v) is 7.70. The number of carbonyl (C=O) groups is 1. The molecule has 1 unspecified atom stereocenters. The molecular weight excluding hydrogens is 391 g/mol. The number of carbonyl (C=O) groups excluding carboxylic acids is 1. The molecule has 1 N–H and O–H groups in total. The van der Waals surface area contributed by atoms with Crippen molar-refractivity contribution in [1.82, 2.24) is 5.43 Å². The summed E-state index contributed by atoms with van der Waals surface area (Å²) in [6, 6.07) is 25.5. The van der Waals surface area contributed by atoms with Gasteiger partial charge in [0.1, 0.15) is 0 Å². The van der Waals surface area contributed by atoms with Crippen molar-refractivity contribution in [3.63, 3.8) is 0 Å². The van der Waals surface area contributed by atoms with Crippen molar-refractivity contribution < 1.29 is 4.79 Å². The van der Waals surface area contributed by atoms with Crippen LogP contribution in [0.2, 0.25) is 10.0 Å². The molecule has 3 aromatic carbocycles. The van der Waals surface area contributed by atoms with E-state index in [9.17, 15) is 4.79 Å². The molecule has 0 heterocycles. The zero-order valence-electron chi connectivity index (χ0n) is 15.0. The number of benzene rings is 3. The molecule has 3 aromatic rings. The summed E-state index contributed by atoms with van der Waals surface area (Å²) in [7, 11) is 0. The predicted molar refractivity (Wildman–Crippen MR) is 114 cm³/mol. The van der Waals surface area contributed by atoms with Gasteiger partial charge in [0, 0.05) is 16.0 Å². The fraction of sp³-hybridized carbons (Fsp3) is 0.130. The highest BCUT2D eigenvalue weighted by Crippen LogP contribution is 2.58. The Labute approximate surface area is 174 Å². The van der Waals surface area contributed by atoms with E-state index in [4.69, 9.17) is 23.2 Å². The summed E-state index contributed by atoms with van der Waals surface area (Å²) in [5, 5.41) is 5.14. The molecule has 5 heteroatoms. The van der Waals surface area contributed by atoms with Crippen molar-refractivity contribution >= 4 is 35.3 Å². The zero-order chi connectivity index (χ0) is 19.6. The first-order chi connectivity index (χ1) is 13.6. The molecule has 1 amide bonds. The quantitative estimate of drug-likeness (QED) is 0.442. The van der Waals surface area contributed by atoms with Gasteiger partial charge < -0.3 is 0 Å². The summed E-state index contributed by atoms with van der Waals surface area (Å²) in [5.74, 6) is -0.274. The molecule has 0 radical (unpaired) electrons. The summed E-state index contributed by atoms with van der Waals surface area (Å²) in [6.07, 6.45) is 2.29. The molecule has 0 bridgehead atoms.